The normalized spacial score (nSPS) is 8.62. The summed E-state index contributed by atoms with van der Waals surface area (Å²) in [6.45, 7) is 5.78. The maximum absolute atomic E-state index is 10.0. The molecule has 0 rings (SSSR count). The number of carboxylic acids is 2. The van der Waals surface area contributed by atoms with Gasteiger partial charge in [-0.3, -0.25) is 9.78 Å². The van der Waals surface area contributed by atoms with Crippen molar-refractivity contribution in [2.24, 2.45) is 0 Å². The highest BCUT2D eigenvalue weighted by Crippen LogP contribution is 1.99. The Hall–Kier alpha value is -2.02. The highest BCUT2D eigenvalue weighted by atomic mass is 17.5. The fourth-order valence-electron chi connectivity index (χ4n) is 0.170. The van der Waals surface area contributed by atoms with Gasteiger partial charge in [-0.1, -0.05) is 0 Å². The predicted octanol–water partition coefficient (Wildman–Crippen LogP) is 0.0628. The molecule has 2 N–H and O–H groups in total. The van der Waals surface area contributed by atoms with E-state index in [-0.39, 0.29) is 0 Å². The molecule has 0 aromatic heterocycles. The van der Waals surface area contributed by atoms with Crippen LogP contribution in [0.4, 0.5) is 0 Å². The van der Waals surface area contributed by atoms with Gasteiger partial charge in [0.15, 0.2) is 0 Å². The van der Waals surface area contributed by atoms with Crippen LogP contribution >= 0.6 is 0 Å². The monoisotopic (exact) mass is 190 g/mol. The van der Waals surface area contributed by atoms with Gasteiger partial charge in [0.25, 0.3) is 0 Å². The molecule has 0 heterocycles. The number of hydrogen-bond donors (Lipinski definition) is 2. The molecule has 0 aromatic carbocycles. The van der Waals surface area contributed by atoms with Crippen molar-refractivity contribution in [2.45, 2.75) is 0 Å². The Balaban J connectivity index is 3.69. The van der Waals surface area contributed by atoms with E-state index in [2.05, 4.69) is 28.0 Å². The van der Waals surface area contributed by atoms with Crippen LogP contribution in [0.2, 0.25) is 0 Å². The molecule has 0 saturated carbocycles. The molecule has 0 aliphatic carbocycles. The molecule has 0 bridgehead atoms. The van der Waals surface area contributed by atoms with Crippen molar-refractivity contribution in [1.29, 1.82) is 0 Å². The summed E-state index contributed by atoms with van der Waals surface area (Å²) in [5.74, 6) is -4.44. The Bertz CT molecular complexity index is 228. The summed E-state index contributed by atoms with van der Waals surface area (Å²) in [7, 11) is 0. The molecule has 72 valence electrons. The maximum Gasteiger partial charge on any atom is 0.374 e. The van der Waals surface area contributed by atoms with Gasteiger partial charge >= 0.3 is 11.9 Å². The fourth-order valence-corrected chi connectivity index (χ4v) is 0.170. The van der Waals surface area contributed by atoms with E-state index in [0.717, 1.165) is 0 Å². The molecule has 0 saturated heterocycles. The third kappa shape index (κ3) is 4.43. The summed E-state index contributed by atoms with van der Waals surface area (Å²) < 4.78 is 0. The van der Waals surface area contributed by atoms with Gasteiger partial charge in [0.1, 0.15) is 0 Å². The van der Waals surface area contributed by atoms with Crippen LogP contribution in [0.15, 0.2) is 24.7 Å². The maximum atomic E-state index is 10.0. The molecule has 0 atom stereocenters. The van der Waals surface area contributed by atoms with Gasteiger partial charge in [-0.2, -0.15) is 0 Å². The van der Waals surface area contributed by atoms with E-state index in [1.165, 1.54) is 0 Å². The molecule has 0 amide bonds. The number of carboxylic acid groups (broad SMARTS) is 2. The fraction of sp³-hybridized carbons (Fsp3) is 0. The topological polar surface area (TPSA) is 102 Å². The molecule has 0 aliphatic heterocycles. The van der Waals surface area contributed by atoms with Crippen LogP contribution in [-0.2, 0) is 24.4 Å². The van der Waals surface area contributed by atoms with Crippen molar-refractivity contribution in [3.05, 3.63) is 24.7 Å². The second-order valence-electron chi connectivity index (χ2n) is 1.69. The number of carbonyl (C=O) groups is 2. The van der Waals surface area contributed by atoms with Crippen LogP contribution in [0.5, 0.6) is 0 Å². The molecule has 0 fully saturated rings. The molecule has 0 unspecified atom stereocenters. The molecule has 0 radical (unpaired) electrons. The van der Waals surface area contributed by atoms with Gasteiger partial charge in [0, 0.05) is 5.04 Å². The first-order chi connectivity index (χ1) is 5.95. The second kappa shape index (κ2) is 4.78. The zero-order valence-corrected chi connectivity index (χ0v) is 6.35. The quantitative estimate of drug-likeness (QED) is 0.264. The van der Waals surface area contributed by atoms with Crippen molar-refractivity contribution >= 4 is 11.9 Å². The first-order valence-corrected chi connectivity index (χ1v) is 2.80. The van der Waals surface area contributed by atoms with Crippen LogP contribution < -0.4 is 0 Å². The third-order valence-electron chi connectivity index (χ3n) is 0.746. The van der Waals surface area contributed by atoms with E-state index in [1.807, 2.05) is 0 Å². The van der Waals surface area contributed by atoms with E-state index in [4.69, 9.17) is 10.2 Å². The minimum absolute atomic E-state index is 0.752. The van der Waals surface area contributed by atoms with Gasteiger partial charge in [-0.25, -0.2) is 9.59 Å². The Labute approximate surface area is 72.3 Å². The van der Waals surface area contributed by atoms with E-state index in [1.54, 1.807) is 0 Å². The highest BCUT2D eigenvalue weighted by Gasteiger charge is 2.10. The predicted molar refractivity (Wildman–Crippen MR) is 36.8 cm³/mol. The van der Waals surface area contributed by atoms with Crippen LogP contribution in [-0.4, -0.2) is 22.2 Å². The molecular formula is C6H6O7. The largest absolute Gasteiger partial charge is 0.475 e. The van der Waals surface area contributed by atoms with Crippen LogP contribution in [0.25, 0.3) is 0 Å². The van der Waals surface area contributed by atoms with Gasteiger partial charge in [0.2, 0.25) is 11.5 Å². The lowest BCUT2D eigenvalue weighted by molar-refractivity contribution is -0.475. The van der Waals surface area contributed by atoms with E-state index in [9.17, 15) is 9.59 Å². The van der Waals surface area contributed by atoms with Crippen LogP contribution in [0, 0.1) is 0 Å². The molecule has 7 nitrogen and oxygen atoms in total. The first-order valence-electron chi connectivity index (χ1n) is 2.80. The van der Waals surface area contributed by atoms with E-state index >= 15 is 0 Å². The molecule has 0 aromatic rings. The summed E-state index contributed by atoms with van der Waals surface area (Å²) in [6, 6.07) is 0. The molecule has 0 aliphatic rings. The summed E-state index contributed by atoms with van der Waals surface area (Å²) >= 11 is 0. The molecule has 7 heteroatoms. The second-order valence-corrected chi connectivity index (χ2v) is 1.69. The lowest BCUT2D eigenvalue weighted by Gasteiger charge is -2.02. The molecule has 0 spiro atoms. The van der Waals surface area contributed by atoms with E-state index in [0.29, 0.717) is 0 Å². The summed E-state index contributed by atoms with van der Waals surface area (Å²) in [4.78, 5) is 27.8. The first kappa shape index (κ1) is 11.0. The van der Waals surface area contributed by atoms with Crippen LogP contribution in [0.1, 0.15) is 0 Å². The Morgan fingerprint density at radius 2 is 1.23 bits per heavy atom. The lowest BCUT2D eigenvalue weighted by Crippen LogP contribution is -2.08. The minimum atomic E-state index is -1.47. The zero-order valence-electron chi connectivity index (χ0n) is 6.35. The average Bonchev–Trinajstić information content (AvgIpc) is 2.03. The number of aliphatic carboxylic acids is 2. The van der Waals surface area contributed by atoms with Crippen molar-refractivity contribution in [3.63, 3.8) is 0 Å². The number of rotatable bonds is 6. The zero-order chi connectivity index (χ0) is 10.4. The summed E-state index contributed by atoms with van der Waals surface area (Å²) in [5, 5.41) is 20.0. The summed E-state index contributed by atoms with van der Waals surface area (Å²) in [6.07, 6.45) is 0. The van der Waals surface area contributed by atoms with Crippen LogP contribution in [0.3, 0.4) is 0 Å². The van der Waals surface area contributed by atoms with Gasteiger partial charge in [-0.15, -0.1) is 0 Å². The Kier molecular flexibility index (Phi) is 4.03. The van der Waals surface area contributed by atoms with Crippen molar-refractivity contribution in [3.8, 4) is 0 Å². The lowest BCUT2D eigenvalue weighted by atomic mass is 10.6. The van der Waals surface area contributed by atoms with Crippen molar-refractivity contribution in [2.75, 3.05) is 0 Å². The van der Waals surface area contributed by atoms with Gasteiger partial charge in [0.05, 0.1) is 0 Å². The van der Waals surface area contributed by atoms with Gasteiger partial charge < -0.3 is 10.2 Å². The van der Waals surface area contributed by atoms with Crippen molar-refractivity contribution < 1.29 is 34.6 Å². The average molecular weight is 190 g/mol. The smallest absolute Gasteiger partial charge is 0.374 e. The highest BCUT2D eigenvalue weighted by molar-refractivity contribution is 5.83. The van der Waals surface area contributed by atoms with Gasteiger partial charge in [-0.05, 0) is 13.2 Å². The standard InChI is InChI=1S/C6H6O7/c1-3(5(7)8)11-13-12-4(2)6(9)10/h1-2H2,(H,7,8)(H,9,10). The Morgan fingerprint density at radius 1 is 0.923 bits per heavy atom. The SMILES string of the molecule is C=C(OOOC(=C)C(=O)O)C(=O)O. The molecule has 13 heavy (non-hydrogen) atoms. The number of hydrogen-bond acceptors (Lipinski definition) is 5. The van der Waals surface area contributed by atoms with Crippen molar-refractivity contribution in [1.82, 2.24) is 0 Å². The third-order valence-corrected chi connectivity index (χ3v) is 0.746. The van der Waals surface area contributed by atoms with E-state index < -0.39 is 23.5 Å². The molecular weight excluding hydrogens is 184 g/mol. The minimum Gasteiger partial charge on any atom is -0.475 e. The summed E-state index contributed by atoms with van der Waals surface area (Å²) in [5.41, 5.74) is 0. The Morgan fingerprint density at radius 3 is 1.46 bits per heavy atom.